The molecule has 1 saturated carbocycles. The van der Waals surface area contributed by atoms with E-state index in [1.165, 1.54) is 37.6 Å². The zero-order valence-electron chi connectivity index (χ0n) is 19.0. The standard InChI is InChI=1S/C24H29N7O2/c1-3-32-24-29-22(25-15-19-10-7-13-33-19)28-23(30-24)27-17-11-12-21-20(14-17)26-16(2)31(21)18-8-5-4-6-9-18/h7,10-14,18H,3-6,8-9,15H2,1-2H3,(H2,25,27,28,29,30). The van der Waals surface area contributed by atoms with Crippen molar-refractivity contribution in [2.75, 3.05) is 17.2 Å². The van der Waals surface area contributed by atoms with Crippen molar-refractivity contribution >= 4 is 28.6 Å². The number of hydrogen-bond acceptors (Lipinski definition) is 8. The monoisotopic (exact) mass is 447 g/mol. The normalized spacial score (nSPS) is 14.5. The van der Waals surface area contributed by atoms with Crippen LogP contribution >= 0.6 is 0 Å². The number of aryl methyl sites for hydroxylation is 1. The lowest BCUT2D eigenvalue weighted by molar-refractivity contribution is 0.312. The number of nitrogens with zero attached hydrogens (tertiary/aromatic N) is 5. The minimum absolute atomic E-state index is 0.260. The molecular formula is C24H29N7O2. The number of hydrogen-bond donors (Lipinski definition) is 2. The number of anilines is 3. The highest BCUT2D eigenvalue weighted by Gasteiger charge is 2.20. The summed E-state index contributed by atoms with van der Waals surface area (Å²) in [6.45, 7) is 4.92. The van der Waals surface area contributed by atoms with Crippen LogP contribution < -0.4 is 15.4 Å². The van der Waals surface area contributed by atoms with Crippen molar-refractivity contribution < 1.29 is 9.15 Å². The van der Waals surface area contributed by atoms with Crippen LogP contribution in [0.4, 0.5) is 17.6 Å². The summed E-state index contributed by atoms with van der Waals surface area (Å²) in [5, 5.41) is 6.44. The summed E-state index contributed by atoms with van der Waals surface area (Å²) in [6.07, 6.45) is 8.01. The van der Waals surface area contributed by atoms with E-state index in [1.54, 1.807) is 6.26 Å². The predicted octanol–water partition coefficient (Wildman–Crippen LogP) is 5.38. The molecule has 1 aliphatic rings. The average Bonchev–Trinajstić information content (AvgIpc) is 3.45. The number of fused-ring (bicyclic) bond motifs is 1. The first-order chi connectivity index (χ1) is 16.2. The summed E-state index contributed by atoms with van der Waals surface area (Å²) in [5.41, 5.74) is 3.01. The van der Waals surface area contributed by atoms with Crippen LogP contribution in [-0.4, -0.2) is 31.1 Å². The molecule has 0 saturated heterocycles. The number of aromatic nitrogens is 5. The van der Waals surface area contributed by atoms with Gasteiger partial charge < -0.3 is 24.4 Å². The van der Waals surface area contributed by atoms with E-state index in [-0.39, 0.29) is 6.01 Å². The van der Waals surface area contributed by atoms with Gasteiger partial charge in [-0.05, 0) is 57.0 Å². The smallest absolute Gasteiger partial charge is 0.323 e. The van der Waals surface area contributed by atoms with Gasteiger partial charge in [0.2, 0.25) is 11.9 Å². The molecule has 0 radical (unpaired) electrons. The quantitative estimate of drug-likeness (QED) is 0.371. The van der Waals surface area contributed by atoms with Crippen molar-refractivity contribution in [1.29, 1.82) is 0 Å². The summed E-state index contributed by atoms with van der Waals surface area (Å²) < 4.78 is 13.3. The Morgan fingerprint density at radius 2 is 1.91 bits per heavy atom. The zero-order chi connectivity index (χ0) is 22.6. The average molecular weight is 448 g/mol. The first-order valence-corrected chi connectivity index (χ1v) is 11.6. The Bertz CT molecular complexity index is 1210. The molecule has 0 atom stereocenters. The van der Waals surface area contributed by atoms with E-state index in [0.29, 0.717) is 31.1 Å². The number of ether oxygens (including phenoxy) is 1. The second-order valence-electron chi connectivity index (χ2n) is 8.28. The number of imidazole rings is 1. The molecule has 1 aromatic carbocycles. The highest BCUT2D eigenvalue weighted by molar-refractivity contribution is 5.81. The predicted molar refractivity (Wildman–Crippen MR) is 127 cm³/mol. The number of benzene rings is 1. The topological polar surface area (TPSA) is 103 Å². The minimum atomic E-state index is 0.260. The highest BCUT2D eigenvalue weighted by atomic mass is 16.5. The fourth-order valence-electron chi connectivity index (χ4n) is 4.49. The summed E-state index contributed by atoms with van der Waals surface area (Å²) in [7, 11) is 0. The SMILES string of the molecule is CCOc1nc(NCc2ccco2)nc(Nc2ccc3c(c2)nc(C)n3C2CCCCC2)n1. The Hall–Kier alpha value is -3.62. The molecule has 0 amide bonds. The summed E-state index contributed by atoms with van der Waals surface area (Å²) in [5.74, 6) is 2.67. The maximum Gasteiger partial charge on any atom is 0.323 e. The molecule has 5 rings (SSSR count). The molecule has 4 aromatic rings. The van der Waals surface area contributed by atoms with Crippen LogP contribution in [0.2, 0.25) is 0 Å². The molecule has 0 aliphatic heterocycles. The van der Waals surface area contributed by atoms with Crippen LogP contribution in [-0.2, 0) is 6.54 Å². The van der Waals surface area contributed by atoms with Gasteiger partial charge in [0.25, 0.3) is 0 Å². The van der Waals surface area contributed by atoms with Gasteiger partial charge in [0, 0.05) is 11.7 Å². The molecular weight excluding hydrogens is 418 g/mol. The van der Waals surface area contributed by atoms with E-state index < -0.39 is 0 Å². The largest absolute Gasteiger partial charge is 0.467 e. The Morgan fingerprint density at radius 3 is 2.70 bits per heavy atom. The van der Waals surface area contributed by atoms with Crippen molar-refractivity contribution in [2.45, 2.75) is 58.5 Å². The van der Waals surface area contributed by atoms with Gasteiger partial charge >= 0.3 is 6.01 Å². The second kappa shape index (κ2) is 9.48. The van der Waals surface area contributed by atoms with E-state index in [9.17, 15) is 0 Å². The van der Waals surface area contributed by atoms with Crippen LogP contribution in [0, 0.1) is 6.92 Å². The molecule has 2 N–H and O–H groups in total. The number of nitrogens with one attached hydrogen (secondary N) is 2. The Labute approximate surface area is 192 Å². The molecule has 3 aromatic heterocycles. The maximum absolute atomic E-state index is 5.54. The molecule has 9 nitrogen and oxygen atoms in total. The van der Waals surface area contributed by atoms with Crippen molar-refractivity contribution in [2.24, 2.45) is 0 Å². The van der Waals surface area contributed by atoms with E-state index >= 15 is 0 Å². The van der Waals surface area contributed by atoms with E-state index in [1.807, 2.05) is 31.2 Å². The minimum Gasteiger partial charge on any atom is -0.467 e. The fourth-order valence-corrected chi connectivity index (χ4v) is 4.49. The van der Waals surface area contributed by atoms with E-state index in [4.69, 9.17) is 14.1 Å². The highest BCUT2D eigenvalue weighted by Crippen LogP contribution is 2.33. The van der Waals surface area contributed by atoms with Gasteiger partial charge in [-0.3, -0.25) is 0 Å². The van der Waals surface area contributed by atoms with Crippen molar-refractivity contribution in [3.05, 3.63) is 48.2 Å². The Balaban J connectivity index is 1.38. The van der Waals surface area contributed by atoms with Crippen LogP contribution in [0.25, 0.3) is 11.0 Å². The third kappa shape index (κ3) is 4.76. The molecule has 9 heteroatoms. The molecule has 0 bridgehead atoms. The van der Waals surface area contributed by atoms with Gasteiger partial charge in [-0.1, -0.05) is 19.3 Å². The van der Waals surface area contributed by atoms with Crippen molar-refractivity contribution in [1.82, 2.24) is 24.5 Å². The number of rotatable bonds is 8. The third-order valence-electron chi connectivity index (χ3n) is 5.95. The van der Waals surface area contributed by atoms with Crippen LogP contribution in [0.5, 0.6) is 6.01 Å². The van der Waals surface area contributed by atoms with Crippen molar-refractivity contribution in [3.63, 3.8) is 0 Å². The van der Waals surface area contributed by atoms with Crippen LogP contribution in [0.3, 0.4) is 0 Å². The van der Waals surface area contributed by atoms with Gasteiger partial charge in [-0.25, -0.2) is 4.98 Å². The maximum atomic E-state index is 5.54. The third-order valence-corrected chi connectivity index (χ3v) is 5.95. The summed E-state index contributed by atoms with van der Waals surface area (Å²) in [4.78, 5) is 18.1. The van der Waals surface area contributed by atoms with Gasteiger partial charge in [-0.15, -0.1) is 0 Å². The lowest BCUT2D eigenvalue weighted by atomic mass is 9.95. The summed E-state index contributed by atoms with van der Waals surface area (Å²) in [6, 6.07) is 10.8. The Morgan fingerprint density at radius 1 is 1.06 bits per heavy atom. The zero-order valence-corrected chi connectivity index (χ0v) is 19.0. The lowest BCUT2D eigenvalue weighted by Crippen LogP contribution is -2.14. The number of furan rings is 1. The lowest BCUT2D eigenvalue weighted by Gasteiger charge is -2.25. The molecule has 0 unspecified atom stereocenters. The van der Waals surface area contributed by atoms with Gasteiger partial charge in [0.05, 0.1) is 30.4 Å². The van der Waals surface area contributed by atoms with Crippen LogP contribution in [0.15, 0.2) is 41.0 Å². The first-order valence-electron chi connectivity index (χ1n) is 11.6. The van der Waals surface area contributed by atoms with Crippen molar-refractivity contribution in [3.8, 4) is 6.01 Å². The second-order valence-corrected chi connectivity index (χ2v) is 8.28. The van der Waals surface area contributed by atoms with Gasteiger partial charge in [-0.2, -0.15) is 15.0 Å². The molecule has 0 spiro atoms. The molecule has 3 heterocycles. The first kappa shape index (κ1) is 21.2. The summed E-state index contributed by atoms with van der Waals surface area (Å²) >= 11 is 0. The van der Waals surface area contributed by atoms with E-state index in [2.05, 4.69) is 43.1 Å². The molecule has 172 valence electrons. The van der Waals surface area contributed by atoms with E-state index in [0.717, 1.165) is 22.8 Å². The molecule has 33 heavy (non-hydrogen) atoms. The van der Waals surface area contributed by atoms with Gasteiger partial charge in [0.1, 0.15) is 11.6 Å². The molecule has 1 aliphatic carbocycles. The molecule has 1 fully saturated rings. The van der Waals surface area contributed by atoms with Crippen LogP contribution in [0.1, 0.15) is 56.7 Å². The fraction of sp³-hybridized carbons (Fsp3) is 0.417. The van der Waals surface area contributed by atoms with Gasteiger partial charge in [0.15, 0.2) is 0 Å². The Kier molecular flexibility index (Phi) is 6.10.